The molecule has 0 atom stereocenters. The van der Waals surface area contributed by atoms with E-state index in [-0.39, 0.29) is 5.95 Å². The first-order chi connectivity index (χ1) is 7.15. The molecule has 0 radical (unpaired) electrons. The van der Waals surface area contributed by atoms with Gasteiger partial charge in [-0.2, -0.15) is 4.98 Å². The highest BCUT2D eigenvalue weighted by molar-refractivity contribution is 5.57. The third-order valence-corrected chi connectivity index (χ3v) is 1.99. The Morgan fingerprint density at radius 2 is 1.87 bits per heavy atom. The zero-order valence-electron chi connectivity index (χ0n) is 8.01. The summed E-state index contributed by atoms with van der Waals surface area (Å²) in [6, 6.07) is 1.71. The Morgan fingerprint density at radius 3 is 2.47 bits per heavy atom. The molecule has 15 heavy (non-hydrogen) atoms. The largest absolute Gasteiger partial charge is 0.368 e. The summed E-state index contributed by atoms with van der Waals surface area (Å²) in [5.74, 6) is 0.873. The van der Waals surface area contributed by atoms with Crippen LogP contribution in [-0.2, 0) is 0 Å². The molecule has 0 amide bonds. The van der Waals surface area contributed by atoms with Crippen molar-refractivity contribution in [2.75, 3.05) is 5.73 Å². The lowest BCUT2D eigenvalue weighted by molar-refractivity contribution is -0.296. The van der Waals surface area contributed by atoms with E-state index in [2.05, 4.69) is 19.9 Å². The molecular weight excluding hydrogens is 214 g/mol. The van der Waals surface area contributed by atoms with Crippen molar-refractivity contribution in [3.8, 4) is 11.3 Å². The zero-order chi connectivity index (χ0) is 10.8. The van der Waals surface area contributed by atoms with E-state index in [0.29, 0.717) is 16.7 Å². The van der Waals surface area contributed by atoms with Gasteiger partial charge >= 0.3 is 5.15 Å². The number of hydrogen-bond acceptors (Lipinski definition) is 5. The van der Waals surface area contributed by atoms with Crippen molar-refractivity contribution in [2.24, 2.45) is 0 Å². The molecule has 2 aromatic rings. The molecule has 0 spiro atoms. The van der Waals surface area contributed by atoms with Gasteiger partial charge in [-0.15, -0.1) is 0 Å². The topological polar surface area (TPSA) is 77.6 Å². The molecule has 0 aromatic carbocycles. The van der Waals surface area contributed by atoms with Crippen LogP contribution in [0, 0.1) is 18.5 Å². The van der Waals surface area contributed by atoms with E-state index >= 15 is 0 Å². The molecule has 6 heteroatoms. The van der Waals surface area contributed by atoms with Gasteiger partial charge < -0.3 is 5.73 Å². The molecule has 0 saturated heterocycles. The van der Waals surface area contributed by atoms with Crippen LogP contribution in [0.2, 0.25) is 5.15 Å². The number of nitrogens with zero attached hydrogens (tertiary/aromatic N) is 4. The zero-order valence-corrected chi connectivity index (χ0v) is 8.82. The molecule has 0 fully saturated rings. The lowest BCUT2D eigenvalue weighted by Crippen LogP contribution is -1.96. The Balaban J connectivity index is 2.49. The smallest absolute Gasteiger partial charge is 0.322 e. The lowest BCUT2D eigenvalue weighted by Gasteiger charge is -1.99. The number of anilines is 1. The quantitative estimate of drug-likeness (QED) is 0.712. The summed E-state index contributed by atoms with van der Waals surface area (Å²) in [5.41, 5.74) is 6.88. The van der Waals surface area contributed by atoms with Gasteiger partial charge in [0.05, 0.1) is 11.8 Å². The van der Waals surface area contributed by atoms with Crippen molar-refractivity contribution in [3.05, 3.63) is 29.4 Å². The van der Waals surface area contributed by atoms with Crippen molar-refractivity contribution < 1.29 is 11.6 Å². The molecule has 0 aliphatic carbocycles. The predicted molar refractivity (Wildman–Crippen MR) is 52.8 cm³/mol. The van der Waals surface area contributed by atoms with E-state index in [1.807, 2.05) is 0 Å². The summed E-state index contributed by atoms with van der Waals surface area (Å²) in [5, 5.41) is 0.509. The second kappa shape index (κ2) is 3.78. The average molecular weight is 223 g/mol. The highest BCUT2D eigenvalue weighted by Gasteiger charge is 2.07. The van der Waals surface area contributed by atoms with Crippen LogP contribution in [0.25, 0.3) is 11.3 Å². The third kappa shape index (κ3) is 2.19. The Morgan fingerprint density at radius 1 is 1.20 bits per heavy atom. The molecule has 2 rings (SSSR count). The van der Waals surface area contributed by atoms with Gasteiger partial charge in [-0.1, -0.05) is 0 Å². The second-order valence-electron chi connectivity index (χ2n) is 2.97. The molecule has 5 nitrogen and oxygen atoms in total. The van der Waals surface area contributed by atoms with Crippen LogP contribution in [0.1, 0.15) is 5.82 Å². The van der Waals surface area contributed by atoms with Crippen molar-refractivity contribution >= 4 is 5.95 Å². The molecule has 2 heterocycles. The van der Waals surface area contributed by atoms with E-state index in [9.17, 15) is 0 Å². The normalized spacial score (nSPS) is 10.3. The van der Waals surface area contributed by atoms with E-state index in [4.69, 9.17) is 17.3 Å². The standard InChI is InChI=1S/C9H9ClN5/c1-5-14-7(2-8(10)15-5)6-3-12-9(11)13-4-6/h2-4,10H,1H3,(H2,11,12,13)/q+1. The maximum atomic E-state index is 5.39. The number of hydrogen-bond donors (Lipinski definition) is 1. The minimum absolute atomic E-state index is 0.239. The van der Waals surface area contributed by atoms with Crippen molar-refractivity contribution in [1.29, 1.82) is 0 Å². The molecule has 0 aliphatic heterocycles. The summed E-state index contributed by atoms with van der Waals surface area (Å²) in [4.78, 5) is 16.0. The van der Waals surface area contributed by atoms with E-state index in [1.54, 1.807) is 25.4 Å². The Kier molecular flexibility index (Phi) is 2.47. The van der Waals surface area contributed by atoms with Crippen LogP contribution in [0.15, 0.2) is 18.5 Å². The van der Waals surface area contributed by atoms with Crippen LogP contribution in [0.4, 0.5) is 5.95 Å². The van der Waals surface area contributed by atoms with Crippen LogP contribution < -0.4 is 5.73 Å². The fraction of sp³-hybridized carbons (Fsp3) is 0.111. The number of nitrogen functional groups attached to an aromatic ring is 1. The fourth-order valence-corrected chi connectivity index (χ4v) is 1.40. The summed E-state index contributed by atoms with van der Waals surface area (Å²) in [6.07, 6.45) is 3.22. The summed E-state index contributed by atoms with van der Waals surface area (Å²) in [6.45, 7) is 1.79. The molecule has 2 aromatic heterocycles. The van der Waals surface area contributed by atoms with Gasteiger partial charge in [-0.25, -0.2) is 15.0 Å². The Hall–Kier alpha value is -1.75. The maximum absolute atomic E-state index is 5.39. The molecule has 76 valence electrons. The van der Waals surface area contributed by atoms with Gasteiger partial charge in [0.1, 0.15) is 5.82 Å². The van der Waals surface area contributed by atoms with Gasteiger partial charge in [-0.05, 0) is 6.92 Å². The first-order valence-corrected chi connectivity index (χ1v) is 4.66. The first kappa shape index (κ1) is 9.79. The highest BCUT2D eigenvalue weighted by Crippen LogP contribution is 2.16. The fourth-order valence-electron chi connectivity index (χ4n) is 1.16. The van der Waals surface area contributed by atoms with Gasteiger partial charge in [0.25, 0.3) is 0 Å². The monoisotopic (exact) mass is 222 g/mol. The summed E-state index contributed by atoms with van der Waals surface area (Å²) >= 11 is 5.00. The molecule has 0 saturated carbocycles. The number of rotatable bonds is 1. The van der Waals surface area contributed by atoms with Crippen LogP contribution in [0.5, 0.6) is 0 Å². The SMILES string of the molecule is Cc1nc([ClH+])cc(-c2cnc(N)nc2)n1. The number of nitrogens with two attached hydrogens (primary N) is 1. The number of aromatic nitrogens is 4. The van der Waals surface area contributed by atoms with Crippen molar-refractivity contribution in [2.45, 2.75) is 6.92 Å². The maximum Gasteiger partial charge on any atom is 0.322 e. The Labute approximate surface area is 91.4 Å². The number of aryl methyl sites for hydroxylation is 1. The van der Waals surface area contributed by atoms with Crippen LogP contribution in [0.3, 0.4) is 0 Å². The molecule has 2 N–H and O–H groups in total. The second-order valence-corrected chi connectivity index (χ2v) is 3.39. The van der Waals surface area contributed by atoms with Gasteiger partial charge in [0, 0.05) is 18.0 Å². The summed E-state index contributed by atoms with van der Waals surface area (Å²) < 4.78 is 0. The van der Waals surface area contributed by atoms with Gasteiger partial charge in [0.2, 0.25) is 5.95 Å². The van der Waals surface area contributed by atoms with Gasteiger partial charge in [-0.3, -0.25) is 0 Å². The third-order valence-electron chi connectivity index (χ3n) is 1.78. The Bertz CT molecular complexity index is 462. The molecule has 0 unspecified atom stereocenters. The first-order valence-electron chi connectivity index (χ1n) is 4.26. The lowest BCUT2D eigenvalue weighted by atomic mass is 10.2. The van der Waals surface area contributed by atoms with E-state index in [1.165, 1.54) is 0 Å². The molecule has 0 bridgehead atoms. The average Bonchev–Trinajstić information content (AvgIpc) is 2.17. The van der Waals surface area contributed by atoms with Crippen LogP contribution >= 0.6 is 0 Å². The van der Waals surface area contributed by atoms with Crippen LogP contribution in [-0.4, -0.2) is 19.9 Å². The van der Waals surface area contributed by atoms with Crippen molar-refractivity contribution in [1.82, 2.24) is 19.9 Å². The van der Waals surface area contributed by atoms with Gasteiger partial charge in [0.15, 0.2) is 11.6 Å². The summed E-state index contributed by atoms with van der Waals surface area (Å²) in [7, 11) is 0. The minimum Gasteiger partial charge on any atom is -0.368 e. The van der Waals surface area contributed by atoms with E-state index < -0.39 is 0 Å². The minimum atomic E-state index is 0.239. The van der Waals surface area contributed by atoms with Crippen molar-refractivity contribution in [3.63, 3.8) is 0 Å². The molecule has 0 aliphatic rings. The number of halogens is 1. The highest BCUT2D eigenvalue weighted by atomic mass is 35.5. The molecular formula is C9H9ClN5+. The predicted octanol–water partition coefficient (Wildman–Crippen LogP) is 0.520. The van der Waals surface area contributed by atoms with E-state index in [0.717, 1.165) is 5.56 Å².